The van der Waals surface area contributed by atoms with E-state index in [9.17, 15) is 19.5 Å². The highest BCUT2D eigenvalue weighted by atomic mass is 16.5. The van der Waals surface area contributed by atoms with Gasteiger partial charge in [-0.15, -0.1) is 0 Å². The van der Waals surface area contributed by atoms with Crippen LogP contribution in [0, 0.1) is 0 Å². The van der Waals surface area contributed by atoms with E-state index >= 15 is 0 Å². The number of rotatable bonds is 13. The number of pyridine rings is 3. The smallest absolute Gasteiger partial charge is 0.342 e. The quantitative estimate of drug-likeness (QED) is 0.0461. The molecule has 2 N–H and O–H groups in total. The minimum absolute atomic E-state index is 0.0983. The van der Waals surface area contributed by atoms with Gasteiger partial charge in [0.25, 0.3) is 23.2 Å². The summed E-state index contributed by atoms with van der Waals surface area (Å²) in [6, 6.07) is 33.7. The topological polar surface area (TPSA) is 150 Å². The molecular formula is C48H44N9O5+2. The van der Waals surface area contributed by atoms with Gasteiger partial charge in [0.1, 0.15) is 31.2 Å². The lowest BCUT2D eigenvalue weighted by molar-refractivity contribution is -0.644. The molecular weight excluding hydrogens is 783 g/mol. The van der Waals surface area contributed by atoms with Crippen molar-refractivity contribution in [3.63, 3.8) is 0 Å². The molecule has 0 spiro atoms. The normalized spacial score (nSPS) is 14.0. The second kappa shape index (κ2) is 16.7. The molecule has 2 aliphatic rings. The van der Waals surface area contributed by atoms with Crippen LogP contribution in [0.1, 0.15) is 56.2 Å². The number of hydrogen-bond donors (Lipinski definition) is 1. The first-order valence-electron chi connectivity index (χ1n) is 20.4. The Bertz CT molecular complexity index is 2950. The lowest BCUT2D eigenvalue weighted by Crippen LogP contribution is -2.43. The van der Waals surface area contributed by atoms with Crippen molar-refractivity contribution in [1.29, 1.82) is 0 Å². The maximum absolute atomic E-state index is 13.8. The van der Waals surface area contributed by atoms with Gasteiger partial charge < -0.3 is 25.6 Å². The number of imide groups is 1. The molecule has 0 saturated heterocycles. The van der Waals surface area contributed by atoms with Gasteiger partial charge in [0.15, 0.2) is 12.4 Å². The fourth-order valence-corrected chi connectivity index (χ4v) is 8.11. The molecule has 3 aromatic heterocycles. The van der Waals surface area contributed by atoms with Crippen molar-refractivity contribution in [3.05, 3.63) is 162 Å². The third kappa shape index (κ3) is 7.98. The molecule has 0 aliphatic carbocycles. The van der Waals surface area contributed by atoms with Crippen molar-refractivity contribution in [2.45, 2.75) is 19.3 Å². The SMILES string of the molecule is CN1[N-]N(CCN2C(=O)c3cccc4cccc(c34)C2=O)C=C1CCCCOc1cc(C(=O)Nc2cc3ccccc3[n+](C)c2)[nH+]c(C([O])=Nc2cc3ccccc3[n+](C)c2)c1. The first-order valence-corrected chi connectivity index (χ1v) is 20.4. The summed E-state index contributed by atoms with van der Waals surface area (Å²) in [6.07, 6.45) is 7.67. The van der Waals surface area contributed by atoms with Crippen LogP contribution in [0.5, 0.6) is 5.75 Å². The summed E-state index contributed by atoms with van der Waals surface area (Å²) in [5.74, 6) is -1.26. The number of aromatic amines is 1. The van der Waals surface area contributed by atoms with Crippen LogP contribution >= 0.6 is 0 Å². The number of H-pyrrole nitrogens is 1. The maximum Gasteiger partial charge on any atom is 0.342 e. The van der Waals surface area contributed by atoms with Crippen LogP contribution < -0.4 is 24.2 Å². The van der Waals surface area contributed by atoms with E-state index in [1.165, 1.54) is 4.90 Å². The molecule has 309 valence electrons. The van der Waals surface area contributed by atoms with E-state index in [0.717, 1.165) is 39.3 Å². The number of carbonyl (C=O) groups is 3. The average Bonchev–Trinajstić information content (AvgIpc) is 3.63. The zero-order valence-corrected chi connectivity index (χ0v) is 34.5. The van der Waals surface area contributed by atoms with E-state index < -0.39 is 11.8 Å². The van der Waals surface area contributed by atoms with Crippen molar-refractivity contribution >= 4 is 67.6 Å². The Labute approximate surface area is 357 Å². The number of fused-ring (bicyclic) bond motifs is 2. The third-order valence-electron chi connectivity index (χ3n) is 11.2. The zero-order valence-electron chi connectivity index (χ0n) is 34.5. The number of benzene rings is 4. The van der Waals surface area contributed by atoms with E-state index in [1.54, 1.807) is 40.5 Å². The molecule has 0 bridgehead atoms. The van der Waals surface area contributed by atoms with E-state index in [0.29, 0.717) is 59.6 Å². The predicted molar refractivity (Wildman–Crippen MR) is 233 cm³/mol. The van der Waals surface area contributed by atoms with Crippen molar-refractivity contribution in [3.8, 4) is 5.75 Å². The van der Waals surface area contributed by atoms with Gasteiger partial charge in [0.05, 0.1) is 18.7 Å². The highest BCUT2D eigenvalue weighted by Crippen LogP contribution is 2.31. The number of aromatic nitrogens is 3. The van der Waals surface area contributed by atoms with E-state index in [2.05, 4.69) is 20.8 Å². The standard InChI is InChI=1S/C48H42N9O5/c1-53-28-34(24-32-12-4-6-19-42(32)53)49-45(58)40-26-37(27-41(51-40)46(59)50-35-25-33-13-5-7-20-43(33)54(2)29-35)62-23-9-8-16-36-30-56(52-55(36)3)21-22-57-47(60)38-17-10-14-31-15-11-18-39(44(31)38)48(57)61/h4-7,10-15,17-20,24-30H,8-9,16,21-23H2,1-3H3/p+2. The van der Waals surface area contributed by atoms with Gasteiger partial charge in [-0.3, -0.25) is 24.4 Å². The largest absolute Gasteiger partial charge is 0.493 e. The van der Waals surface area contributed by atoms with Crippen molar-refractivity contribution in [2.24, 2.45) is 19.1 Å². The Morgan fingerprint density at radius 1 is 0.774 bits per heavy atom. The second-order valence-electron chi connectivity index (χ2n) is 15.5. The highest BCUT2D eigenvalue weighted by Gasteiger charge is 2.32. The fraction of sp³-hybridized carbons (Fsp3) is 0.188. The van der Waals surface area contributed by atoms with Crippen molar-refractivity contribution in [2.75, 3.05) is 32.1 Å². The van der Waals surface area contributed by atoms with Crippen LogP contribution in [0.4, 0.5) is 11.4 Å². The Hall–Kier alpha value is -7.71. The molecule has 1 radical (unpaired) electrons. The Balaban J connectivity index is 0.861. The lowest BCUT2D eigenvalue weighted by Gasteiger charge is -2.38. The minimum atomic E-state index is -0.558. The number of ether oxygens (including phenoxy) is 1. The molecule has 4 aromatic carbocycles. The Morgan fingerprint density at radius 2 is 1.42 bits per heavy atom. The summed E-state index contributed by atoms with van der Waals surface area (Å²) >= 11 is 0. The molecule has 0 saturated carbocycles. The molecule has 0 fully saturated rings. The van der Waals surface area contributed by atoms with Gasteiger partial charge in [0, 0.05) is 64.4 Å². The van der Waals surface area contributed by atoms with Gasteiger partial charge >= 0.3 is 11.8 Å². The Kier molecular flexibility index (Phi) is 10.7. The van der Waals surface area contributed by atoms with Crippen molar-refractivity contribution < 1.29 is 38.3 Å². The van der Waals surface area contributed by atoms with Gasteiger partial charge in [0.2, 0.25) is 11.0 Å². The predicted octanol–water partition coefficient (Wildman–Crippen LogP) is 6.51. The molecule has 5 heterocycles. The summed E-state index contributed by atoms with van der Waals surface area (Å²) in [7, 11) is 5.68. The minimum Gasteiger partial charge on any atom is -0.493 e. The molecule has 0 unspecified atom stereocenters. The number of nitrogens with zero attached hydrogens (tertiary/aromatic N) is 7. The molecule has 3 amide bonds. The highest BCUT2D eigenvalue weighted by molar-refractivity contribution is 6.25. The molecule has 7 aromatic rings. The average molecular weight is 827 g/mol. The number of carbonyl (C=O) groups excluding carboxylic acids is 3. The van der Waals surface area contributed by atoms with Gasteiger partial charge in [-0.25, -0.2) is 0 Å². The molecule has 14 nitrogen and oxygen atoms in total. The van der Waals surface area contributed by atoms with E-state index in [1.807, 2.05) is 128 Å². The summed E-state index contributed by atoms with van der Waals surface area (Å²) in [6.45, 7) is 0.854. The third-order valence-corrected chi connectivity index (χ3v) is 11.2. The summed E-state index contributed by atoms with van der Waals surface area (Å²) in [5.41, 5.74) is 9.94. The number of nitrogens with one attached hydrogen (secondary N) is 2. The van der Waals surface area contributed by atoms with Crippen LogP contribution in [-0.2, 0) is 19.2 Å². The van der Waals surface area contributed by atoms with Crippen LogP contribution in [0.3, 0.4) is 0 Å². The first-order chi connectivity index (χ1) is 30.1. The number of anilines is 1. The summed E-state index contributed by atoms with van der Waals surface area (Å²) in [4.78, 5) is 49.2. The number of amides is 3. The molecule has 9 rings (SSSR count). The van der Waals surface area contributed by atoms with Crippen LogP contribution in [0.15, 0.2) is 138 Å². The van der Waals surface area contributed by atoms with Crippen LogP contribution in [0.25, 0.3) is 38.1 Å². The maximum atomic E-state index is 13.8. The molecule has 2 aliphatic heterocycles. The van der Waals surface area contributed by atoms with Gasteiger partial charge in [-0.2, -0.15) is 19.1 Å². The number of allylic oxidation sites excluding steroid dienone is 1. The Morgan fingerprint density at radius 3 is 2.15 bits per heavy atom. The monoisotopic (exact) mass is 826 g/mol. The molecule has 14 heteroatoms. The molecule has 62 heavy (non-hydrogen) atoms. The van der Waals surface area contributed by atoms with Crippen molar-refractivity contribution in [1.82, 2.24) is 14.9 Å². The van der Waals surface area contributed by atoms with Gasteiger partial charge in [-0.05, 0) is 68.1 Å². The fourth-order valence-electron chi connectivity index (χ4n) is 8.11. The van der Waals surface area contributed by atoms with Crippen LogP contribution in [-0.4, -0.2) is 65.3 Å². The number of aliphatic imine (C=N–C) groups is 1. The van der Waals surface area contributed by atoms with E-state index in [-0.39, 0.29) is 29.7 Å². The number of aryl methyl sites for hydroxylation is 2. The molecule has 0 atom stereocenters. The van der Waals surface area contributed by atoms with Gasteiger partial charge in [-0.1, -0.05) is 48.5 Å². The summed E-state index contributed by atoms with van der Waals surface area (Å²) < 4.78 is 10.0. The summed E-state index contributed by atoms with van der Waals surface area (Å²) in [5, 5.41) is 23.7. The zero-order chi connectivity index (χ0) is 42.9. The van der Waals surface area contributed by atoms with E-state index in [4.69, 9.17) is 4.74 Å². The second-order valence-corrected chi connectivity index (χ2v) is 15.5. The number of hydrogen-bond acceptors (Lipinski definition) is 7. The lowest BCUT2D eigenvalue weighted by atomic mass is 9.94. The van der Waals surface area contributed by atoms with Crippen LogP contribution in [0.2, 0.25) is 0 Å². The number of para-hydroxylation sites is 2. The number of unbranched alkanes of at least 4 members (excludes halogenated alkanes) is 1. The first kappa shape index (κ1) is 39.7.